The van der Waals surface area contributed by atoms with E-state index >= 15 is 0 Å². The number of hydrogen-bond acceptors (Lipinski definition) is 6. The third-order valence-corrected chi connectivity index (χ3v) is 4.09. The summed E-state index contributed by atoms with van der Waals surface area (Å²) in [5, 5.41) is 0. The van der Waals surface area contributed by atoms with Gasteiger partial charge in [0.2, 0.25) is 11.8 Å². The van der Waals surface area contributed by atoms with E-state index in [4.69, 9.17) is 15.5 Å². The monoisotopic (exact) mass is 343 g/mol. The van der Waals surface area contributed by atoms with Gasteiger partial charge in [-0.2, -0.15) is 0 Å². The van der Waals surface area contributed by atoms with Crippen LogP contribution in [0.1, 0.15) is 11.3 Å². The minimum absolute atomic E-state index is 0.247. The Hall–Kier alpha value is -3.54. The van der Waals surface area contributed by atoms with E-state index in [1.165, 1.54) is 0 Å². The maximum Gasteiger partial charge on any atom is 0.222 e. The van der Waals surface area contributed by atoms with E-state index in [1.807, 2.05) is 42.5 Å². The number of ether oxygens (including phenoxy) is 1. The van der Waals surface area contributed by atoms with Crippen LogP contribution >= 0.6 is 0 Å². The summed E-state index contributed by atoms with van der Waals surface area (Å²) in [6.45, 7) is 0. The second-order valence-corrected chi connectivity index (χ2v) is 5.82. The summed E-state index contributed by atoms with van der Waals surface area (Å²) >= 11 is 0. The van der Waals surface area contributed by atoms with Crippen molar-refractivity contribution in [1.29, 1.82) is 0 Å². The van der Waals surface area contributed by atoms with Crippen molar-refractivity contribution in [2.24, 2.45) is 0 Å². The van der Waals surface area contributed by atoms with Crippen molar-refractivity contribution in [1.82, 2.24) is 19.9 Å². The number of methoxy groups -OCH3 is 1. The minimum Gasteiger partial charge on any atom is -0.481 e. The highest BCUT2D eigenvalue weighted by molar-refractivity contribution is 5.81. The van der Waals surface area contributed by atoms with Crippen molar-refractivity contribution in [3.63, 3.8) is 0 Å². The van der Waals surface area contributed by atoms with Gasteiger partial charge in [-0.05, 0) is 29.8 Å². The largest absolute Gasteiger partial charge is 0.481 e. The molecule has 0 atom stereocenters. The fraction of sp³-hybridized carbons (Fsp3) is 0.100. The van der Waals surface area contributed by atoms with Crippen molar-refractivity contribution in [3.05, 3.63) is 72.1 Å². The molecule has 0 bridgehead atoms. The Labute approximate surface area is 150 Å². The van der Waals surface area contributed by atoms with Crippen molar-refractivity contribution in [3.8, 4) is 17.1 Å². The third-order valence-electron chi connectivity index (χ3n) is 4.09. The molecule has 4 rings (SSSR count). The molecule has 0 spiro atoms. The lowest BCUT2D eigenvalue weighted by Crippen LogP contribution is -2.03. The van der Waals surface area contributed by atoms with E-state index in [0.717, 1.165) is 33.5 Å². The first-order valence-electron chi connectivity index (χ1n) is 8.21. The predicted molar refractivity (Wildman–Crippen MR) is 101 cm³/mol. The lowest BCUT2D eigenvalue weighted by molar-refractivity contribution is 0.399. The first kappa shape index (κ1) is 16.0. The summed E-state index contributed by atoms with van der Waals surface area (Å²) in [6, 6.07) is 17.7. The van der Waals surface area contributed by atoms with Gasteiger partial charge in [0.15, 0.2) is 0 Å². The molecule has 3 heterocycles. The molecule has 0 aliphatic heterocycles. The molecule has 0 amide bonds. The number of nitrogens with zero attached hydrogens (tertiary/aromatic N) is 4. The topological polar surface area (TPSA) is 86.8 Å². The Balaban J connectivity index is 1.86. The van der Waals surface area contributed by atoms with E-state index in [9.17, 15) is 0 Å². The Morgan fingerprint density at radius 3 is 2.58 bits per heavy atom. The number of anilines is 1. The van der Waals surface area contributed by atoms with Crippen molar-refractivity contribution >= 4 is 17.0 Å². The summed E-state index contributed by atoms with van der Waals surface area (Å²) in [7, 11) is 1.59. The number of hydrogen-bond donors (Lipinski definition) is 1. The second-order valence-electron chi connectivity index (χ2n) is 5.82. The van der Waals surface area contributed by atoms with Crippen LogP contribution < -0.4 is 10.5 Å². The van der Waals surface area contributed by atoms with Crippen molar-refractivity contribution < 1.29 is 4.74 Å². The van der Waals surface area contributed by atoms with Crippen LogP contribution in [-0.2, 0) is 6.42 Å². The number of pyridine rings is 2. The zero-order chi connectivity index (χ0) is 17.9. The van der Waals surface area contributed by atoms with Gasteiger partial charge in [-0.3, -0.25) is 0 Å². The van der Waals surface area contributed by atoms with Gasteiger partial charge in [0.25, 0.3) is 0 Å². The number of fused-ring (bicyclic) bond motifs is 1. The summed E-state index contributed by atoms with van der Waals surface area (Å²) in [6.07, 6.45) is 2.32. The van der Waals surface area contributed by atoms with Crippen LogP contribution in [0.4, 0.5) is 5.95 Å². The molecule has 0 saturated carbocycles. The van der Waals surface area contributed by atoms with E-state index in [2.05, 4.69) is 27.1 Å². The highest BCUT2D eigenvalue weighted by atomic mass is 16.5. The number of benzene rings is 1. The van der Waals surface area contributed by atoms with E-state index in [-0.39, 0.29) is 5.95 Å². The highest BCUT2D eigenvalue weighted by Gasteiger charge is 2.13. The van der Waals surface area contributed by atoms with Gasteiger partial charge in [-0.1, -0.05) is 30.3 Å². The molecule has 0 radical (unpaired) electrons. The van der Waals surface area contributed by atoms with Crippen molar-refractivity contribution in [2.75, 3.05) is 12.8 Å². The van der Waals surface area contributed by atoms with Gasteiger partial charge in [0, 0.05) is 12.6 Å². The average Bonchev–Trinajstić information content (AvgIpc) is 2.68. The molecule has 0 aliphatic rings. The molecule has 0 fully saturated rings. The molecular weight excluding hydrogens is 326 g/mol. The minimum atomic E-state index is 0.247. The Morgan fingerprint density at radius 2 is 1.77 bits per heavy atom. The fourth-order valence-electron chi connectivity index (χ4n) is 2.90. The smallest absolute Gasteiger partial charge is 0.222 e. The van der Waals surface area contributed by atoms with Crippen LogP contribution in [0.5, 0.6) is 5.88 Å². The predicted octanol–water partition coefficient (Wildman–Crippen LogP) is 3.27. The average molecular weight is 343 g/mol. The van der Waals surface area contributed by atoms with Crippen LogP contribution in [0.2, 0.25) is 0 Å². The van der Waals surface area contributed by atoms with E-state index in [0.29, 0.717) is 12.3 Å². The zero-order valence-corrected chi connectivity index (χ0v) is 14.3. The van der Waals surface area contributed by atoms with Crippen LogP contribution in [0.15, 0.2) is 60.8 Å². The van der Waals surface area contributed by atoms with Crippen LogP contribution in [0.25, 0.3) is 22.3 Å². The lowest BCUT2D eigenvalue weighted by atomic mass is 10.1. The molecular formula is C20H17N5O. The quantitative estimate of drug-likeness (QED) is 0.612. The molecule has 6 nitrogen and oxygen atoms in total. The van der Waals surface area contributed by atoms with Gasteiger partial charge in [0.05, 0.1) is 29.6 Å². The first-order chi connectivity index (χ1) is 12.7. The molecule has 6 heteroatoms. The first-order valence-corrected chi connectivity index (χ1v) is 8.21. The summed E-state index contributed by atoms with van der Waals surface area (Å²) in [4.78, 5) is 17.8. The maximum absolute atomic E-state index is 5.89. The number of nitrogen functional groups attached to an aromatic ring is 1. The number of rotatable bonds is 4. The maximum atomic E-state index is 5.89. The van der Waals surface area contributed by atoms with E-state index in [1.54, 1.807) is 13.3 Å². The highest BCUT2D eigenvalue weighted by Crippen LogP contribution is 2.28. The van der Waals surface area contributed by atoms with Crippen LogP contribution in [-0.4, -0.2) is 27.0 Å². The fourth-order valence-corrected chi connectivity index (χ4v) is 2.90. The van der Waals surface area contributed by atoms with Gasteiger partial charge in [-0.15, -0.1) is 0 Å². The van der Waals surface area contributed by atoms with Gasteiger partial charge >= 0.3 is 0 Å². The molecule has 3 aromatic heterocycles. The van der Waals surface area contributed by atoms with Crippen molar-refractivity contribution in [2.45, 2.75) is 6.42 Å². The molecule has 26 heavy (non-hydrogen) atoms. The van der Waals surface area contributed by atoms with Crippen LogP contribution in [0.3, 0.4) is 0 Å². The molecule has 0 unspecified atom stereocenters. The second kappa shape index (κ2) is 6.76. The van der Waals surface area contributed by atoms with Gasteiger partial charge in [0.1, 0.15) is 5.52 Å². The zero-order valence-electron chi connectivity index (χ0n) is 14.3. The molecule has 2 N–H and O–H groups in total. The van der Waals surface area contributed by atoms with Gasteiger partial charge in [-0.25, -0.2) is 19.9 Å². The molecule has 4 aromatic rings. The standard InChI is InChI=1S/C20H17N5O/c1-26-19-14(8-5-11-22-19)15-9-10-16-18(23-15)17(25-20(21)24-16)12-13-6-3-2-4-7-13/h2-11H,12H2,1H3,(H2,21,24,25). The Kier molecular flexibility index (Phi) is 4.15. The molecule has 0 aliphatic carbocycles. The third kappa shape index (κ3) is 3.04. The summed E-state index contributed by atoms with van der Waals surface area (Å²) < 4.78 is 5.35. The molecule has 0 saturated heterocycles. The van der Waals surface area contributed by atoms with E-state index < -0.39 is 0 Å². The van der Waals surface area contributed by atoms with Gasteiger partial charge < -0.3 is 10.5 Å². The molecule has 128 valence electrons. The lowest BCUT2D eigenvalue weighted by Gasteiger charge is -2.10. The van der Waals surface area contributed by atoms with Crippen LogP contribution in [0, 0.1) is 0 Å². The normalized spacial score (nSPS) is 10.8. The number of nitrogens with two attached hydrogens (primary N) is 1. The summed E-state index contributed by atoms with van der Waals surface area (Å²) in [5.41, 5.74) is 10.8. The molecule has 1 aromatic carbocycles. The SMILES string of the molecule is COc1ncccc1-c1ccc2nc(N)nc(Cc3ccccc3)c2n1. The Morgan fingerprint density at radius 1 is 0.923 bits per heavy atom. The summed E-state index contributed by atoms with van der Waals surface area (Å²) in [5.74, 6) is 0.775. The Bertz CT molecular complexity index is 1070. The number of aromatic nitrogens is 4.